The highest BCUT2D eigenvalue weighted by Gasteiger charge is 2.40. The van der Waals surface area contributed by atoms with E-state index in [1.807, 2.05) is 6.92 Å². The molecule has 1 unspecified atom stereocenters. The lowest BCUT2D eigenvalue weighted by Gasteiger charge is -2.30. The van der Waals surface area contributed by atoms with Crippen LogP contribution in [0.1, 0.15) is 26.3 Å². The molecule has 0 bridgehead atoms. The average molecular weight is 217 g/mol. The Morgan fingerprint density at radius 2 is 1.94 bits per heavy atom. The predicted molar refractivity (Wildman–Crippen MR) is 67.6 cm³/mol. The Balaban J connectivity index is 2.56. The summed E-state index contributed by atoms with van der Waals surface area (Å²) < 4.78 is 5.42. The second-order valence-electron chi connectivity index (χ2n) is 4.79. The predicted octanol–water partition coefficient (Wildman–Crippen LogP) is 3.29. The normalized spacial score (nSPS) is 19.8. The van der Waals surface area contributed by atoms with Gasteiger partial charge in [0.15, 0.2) is 0 Å². The number of hydrogen-bond acceptors (Lipinski definition) is 2. The van der Waals surface area contributed by atoms with Crippen molar-refractivity contribution in [3.63, 3.8) is 0 Å². The second-order valence-corrected chi connectivity index (χ2v) is 4.79. The van der Waals surface area contributed by atoms with E-state index in [0.29, 0.717) is 0 Å². The van der Waals surface area contributed by atoms with Gasteiger partial charge in [0, 0.05) is 23.9 Å². The number of rotatable bonds is 2. The van der Waals surface area contributed by atoms with Gasteiger partial charge in [0.25, 0.3) is 0 Å². The molecule has 1 heterocycles. The van der Waals surface area contributed by atoms with Crippen LogP contribution in [-0.4, -0.2) is 13.3 Å². The fraction of sp³-hybridized carbons (Fsp3) is 0.429. The molecule has 0 amide bonds. The van der Waals surface area contributed by atoms with E-state index in [1.165, 1.54) is 11.3 Å². The topological polar surface area (TPSA) is 12.5 Å². The van der Waals surface area contributed by atoms with Gasteiger partial charge in [-0.3, -0.25) is 0 Å². The zero-order valence-electron chi connectivity index (χ0n) is 10.4. The summed E-state index contributed by atoms with van der Waals surface area (Å²) in [6.07, 6.45) is 0.0235. The molecule has 2 heteroatoms. The SMILES string of the molecule is C=C1N(C(C)OC)c2ccccc2C1(C)C. The monoisotopic (exact) mass is 217 g/mol. The Hall–Kier alpha value is -1.28. The number of benzene rings is 1. The summed E-state index contributed by atoms with van der Waals surface area (Å²) in [6.45, 7) is 10.7. The number of ether oxygens (including phenoxy) is 1. The third kappa shape index (κ3) is 1.37. The van der Waals surface area contributed by atoms with Crippen molar-refractivity contribution in [2.45, 2.75) is 32.4 Å². The molecule has 1 aliphatic heterocycles. The van der Waals surface area contributed by atoms with Crippen molar-refractivity contribution in [2.24, 2.45) is 0 Å². The minimum absolute atomic E-state index is 0.0105. The van der Waals surface area contributed by atoms with E-state index in [2.05, 4.69) is 49.6 Å². The van der Waals surface area contributed by atoms with Crippen molar-refractivity contribution in [1.29, 1.82) is 0 Å². The van der Waals surface area contributed by atoms with Gasteiger partial charge in [-0.15, -0.1) is 0 Å². The van der Waals surface area contributed by atoms with E-state index in [-0.39, 0.29) is 11.6 Å². The zero-order chi connectivity index (χ0) is 11.9. The summed E-state index contributed by atoms with van der Waals surface area (Å²) in [6, 6.07) is 8.44. The van der Waals surface area contributed by atoms with Gasteiger partial charge in [-0.2, -0.15) is 0 Å². The van der Waals surface area contributed by atoms with Gasteiger partial charge in [-0.25, -0.2) is 0 Å². The molecule has 2 rings (SSSR count). The van der Waals surface area contributed by atoms with Crippen LogP contribution in [0.15, 0.2) is 36.5 Å². The van der Waals surface area contributed by atoms with Crippen molar-refractivity contribution < 1.29 is 4.74 Å². The lowest BCUT2D eigenvalue weighted by atomic mass is 9.84. The van der Waals surface area contributed by atoms with Crippen LogP contribution >= 0.6 is 0 Å². The van der Waals surface area contributed by atoms with Crippen LogP contribution in [0.4, 0.5) is 5.69 Å². The summed E-state index contributed by atoms with van der Waals surface area (Å²) in [5, 5.41) is 0. The molecule has 0 saturated carbocycles. The van der Waals surface area contributed by atoms with Gasteiger partial charge in [0.2, 0.25) is 0 Å². The lowest BCUT2D eigenvalue weighted by molar-refractivity contribution is 0.120. The van der Waals surface area contributed by atoms with E-state index in [4.69, 9.17) is 4.74 Å². The van der Waals surface area contributed by atoms with Crippen molar-refractivity contribution in [1.82, 2.24) is 0 Å². The fourth-order valence-corrected chi connectivity index (χ4v) is 2.33. The van der Waals surface area contributed by atoms with Crippen LogP contribution in [0.5, 0.6) is 0 Å². The minimum Gasteiger partial charge on any atom is -0.362 e. The maximum Gasteiger partial charge on any atom is 0.130 e. The summed E-state index contributed by atoms with van der Waals surface area (Å²) >= 11 is 0. The zero-order valence-corrected chi connectivity index (χ0v) is 10.4. The molecule has 0 saturated heterocycles. The first-order valence-corrected chi connectivity index (χ1v) is 5.61. The van der Waals surface area contributed by atoms with Crippen LogP contribution in [0, 0.1) is 0 Å². The largest absolute Gasteiger partial charge is 0.362 e. The van der Waals surface area contributed by atoms with Gasteiger partial charge >= 0.3 is 0 Å². The number of anilines is 1. The Kier molecular flexibility index (Phi) is 2.55. The van der Waals surface area contributed by atoms with Crippen LogP contribution in [0.2, 0.25) is 0 Å². The maximum absolute atomic E-state index is 5.42. The maximum atomic E-state index is 5.42. The van der Waals surface area contributed by atoms with Crippen LogP contribution in [0.3, 0.4) is 0 Å². The van der Waals surface area contributed by atoms with Crippen LogP contribution < -0.4 is 4.90 Å². The van der Waals surface area contributed by atoms with E-state index in [0.717, 1.165) is 5.70 Å². The molecular formula is C14H19NO. The van der Waals surface area contributed by atoms with Crippen LogP contribution in [-0.2, 0) is 10.2 Å². The highest BCUT2D eigenvalue weighted by Crippen LogP contribution is 2.47. The van der Waals surface area contributed by atoms with Gasteiger partial charge in [0.05, 0.1) is 0 Å². The molecule has 0 spiro atoms. The number of nitrogens with zero attached hydrogens (tertiary/aromatic N) is 1. The molecule has 1 aromatic carbocycles. The summed E-state index contributed by atoms with van der Waals surface area (Å²) in [7, 11) is 1.73. The quantitative estimate of drug-likeness (QED) is 0.753. The Morgan fingerprint density at radius 3 is 2.56 bits per heavy atom. The Labute approximate surface area is 97.5 Å². The minimum atomic E-state index is -0.0105. The van der Waals surface area contributed by atoms with Crippen molar-refractivity contribution in [3.8, 4) is 0 Å². The highest BCUT2D eigenvalue weighted by atomic mass is 16.5. The van der Waals surface area contributed by atoms with Gasteiger partial charge in [0.1, 0.15) is 6.23 Å². The van der Waals surface area contributed by atoms with E-state index in [1.54, 1.807) is 7.11 Å². The van der Waals surface area contributed by atoms with Gasteiger partial charge in [-0.05, 0) is 18.6 Å². The number of methoxy groups -OCH3 is 1. The molecule has 2 nitrogen and oxygen atoms in total. The van der Waals surface area contributed by atoms with E-state index < -0.39 is 0 Å². The van der Waals surface area contributed by atoms with Crippen molar-refractivity contribution in [2.75, 3.05) is 12.0 Å². The van der Waals surface area contributed by atoms with Gasteiger partial charge in [-0.1, -0.05) is 38.6 Å². The molecule has 1 aliphatic rings. The Morgan fingerprint density at radius 1 is 1.31 bits per heavy atom. The third-order valence-corrected chi connectivity index (χ3v) is 3.55. The molecule has 16 heavy (non-hydrogen) atoms. The molecule has 0 aromatic heterocycles. The number of hydrogen-bond donors (Lipinski definition) is 0. The van der Waals surface area contributed by atoms with Gasteiger partial charge < -0.3 is 9.64 Å². The lowest BCUT2D eigenvalue weighted by Crippen LogP contribution is -2.34. The number of allylic oxidation sites excluding steroid dienone is 1. The highest BCUT2D eigenvalue weighted by molar-refractivity contribution is 5.70. The molecular weight excluding hydrogens is 198 g/mol. The third-order valence-electron chi connectivity index (χ3n) is 3.55. The summed E-state index contributed by atoms with van der Waals surface area (Å²) in [5.41, 5.74) is 3.63. The molecule has 1 atom stereocenters. The standard InChI is InChI=1S/C14H19NO/c1-10-14(3,4)12-8-6-7-9-13(12)15(10)11(2)16-5/h6-9,11H,1H2,2-5H3. The molecule has 86 valence electrons. The van der Waals surface area contributed by atoms with Crippen molar-refractivity contribution >= 4 is 5.69 Å². The molecule has 0 radical (unpaired) electrons. The molecule has 0 fully saturated rings. The molecule has 0 aliphatic carbocycles. The van der Waals surface area contributed by atoms with Crippen LogP contribution in [0.25, 0.3) is 0 Å². The Bertz CT molecular complexity index is 422. The summed E-state index contributed by atoms with van der Waals surface area (Å²) in [4.78, 5) is 2.18. The van der Waals surface area contributed by atoms with E-state index in [9.17, 15) is 0 Å². The average Bonchev–Trinajstić information content (AvgIpc) is 2.48. The second kappa shape index (κ2) is 3.63. The van der Waals surface area contributed by atoms with Crippen molar-refractivity contribution in [3.05, 3.63) is 42.1 Å². The summed E-state index contributed by atoms with van der Waals surface area (Å²) in [5.74, 6) is 0. The first kappa shape index (κ1) is 11.2. The molecule has 1 aromatic rings. The number of fused-ring (bicyclic) bond motifs is 1. The fourth-order valence-electron chi connectivity index (χ4n) is 2.33. The molecule has 0 N–H and O–H groups in total. The first-order valence-electron chi connectivity index (χ1n) is 5.61. The smallest absolute Gasteiger partial charge is 0.130 e. The number of para-hydroxylation sites is 1. The first-order chi connectivity index (χ1) is 7.50. The van der Waals surface area contributed by atoms with E-state index >= 15 is 0 Å².